The third-order valence-electron chi connectivity index (χ3n) is 9.78. The van der Waals surface area contributed by atoms with Gasteiger partial charge in [0.05, 0.1) is 0 Å². The van der Waals surface area contributed by atoms with E-state index in [9.17, 15) is 0 Å². The molecule has 0 aliphatic rings. The van der Waals surface area contributed by atoms with Gasteiger partial charge >= 0.3 is 0 Å². The van der Waals surface area contributed by atoms with E-state index in [0.717, 1.165) is 0 Å². The van der Waals surface area contributed by atoms with E-state index >= 15 is 0 Å². The van der Waals surface area contributed by atoms with Gasteiger partial charge in [0.2, 0.25) is 0 Å². The van der Waals surface area contributed by atoms with Crippen molar-refractivity contribution in [2.24, 2.45) is 10.8 Å². The summed E-state index contributed by atoms with van der Waals surface area (Å²) in [7, 11) is -0.573. The highest BCUT2D eigenvalue weighted by Gasteiger charge is 2.41. The normalized spacial score (nSPS) is 16.2. The standard InChI is InChI=1S/C39H49P/c1-8-28-39(7,32(5)33-22-20-30(3)21-23-33)29-38(6,9-2)31(4)34-24-26-37(27-25-34)40(35-16-12-10-13-17-35)36-18-14-11-15-19-36/h10-27,31-32H,8-9,28-29H2,1-7H3/t31?,32?,38?,39-/m1/s1. The Hall–Kier alpha value is -2.69. The minimum absolute atomic E-state index is 0.216. The monoisotopic (exact) mass is 548 g/mol. The van der Waals surface area contributed by atoms with E-state index in [-0.39, 0.29) is 10.8 Å². The fraction of sp³-hybridized carbons (Fsp3) is 0.385. The van der Waals surface area contributed by atoms with Gasteiger partial charge in [-0.1, -0.05) is 169 Å². The fourth-order valence-corrected chi connectivity index (χ4v) is 8.99. The second kappa shape index (κ2) is 13.3. The lowest BCUT2D eigenvalue weighted by molar-refractivity contribution is 0.0976. The minimum atomic E-state index is -0.573. The van der Waals surface area contributed by atoms with Crippen LogP contribution in [0.1, 0.15) is 95.8 Å². The lowest BCUT2D eigenvalue weighted by Gasteiger charge is -2.46. The van der Waals surface area contributed by atoms with Crippen LogP contribution in [0.5, 0.6) is 0 Å². The average Bonchev–Trinajstić information content (AvgIpc) is 2.98. The van der Waals surface area contributed by atoms with Crippen molar-refractivity contribution in [3.8, 4) is 0 Å². The van der Waals surface area contributed by atoms with Crippen molar-refractivity contribution in [3.05, 3.63) is 126 Å². The zero-order chi connectivity index (χ0) is 28.8. The zero-order valence-corrected chi connectivity index (χ0v) is 26.7. The van der Waals surface area contributed by atoms with Gasteiger partial charge in [-0.3, -0.25) is 0 Å². The maximum Gasteiger partial charge on any atom is -0.0134 e. The molecular weight excluding hydrogens is 499 g/mol. The second-order valence-corrected chi connectivity index (χ2v) is 14.8. The topological polar surface area (TPSA) is 0 Å². The second-order valence-electron chi connectivity index (χ2n) is 12.5. The van der Waals surface area contributed by atoms with Crippen LogP contribution in [0.25, 0.3) is 0 Å². The molecule has 0 fully saturated rings. The Kier molecular flexibility index (Phi) is 10.1. The van der Waals surface area contributed by atoms with Crippen molar-refractivity contribution in [3.63, 3.8) is 0 Å². The van der Waals surface area contributed by atoms with Gasteiger partial charge < -0.3 is 0 Å². The predicted octanol–water partition coefficient (Wildman–Crippen LogP) is 10.3. The van der Waals surface area contributed by atoms with Crippen LogP contribution in [0, 0.1) is 17.8 Å². The molecule has 0 aromatic heterocycles. The first-order valence-electron chi connectivity index (χ1n) is 15.3. The molecule has 0 saturated carbocycles. The van der Waals surface area contributed by atoms with Crippen molar-refractivity contribution in [2.45, 2.75) is 86.0 Å². The van der Waals surface area contributed by atoms with Gasteiger partial charge in [-0.25, -0.2) is 0 Å². The highest BCUT2D eigenvalue weighted by molar-refractivity contribution is 7.79. The van der Waals surface area contributed by atoms with Crippen molar-refractivity contribution in [1.29, 1.82) is 0 Å². The molecule has 4 aromatic carbocycles. The van der Waals surface area contributed by atoms with Crippen LogP contribution in [0.15, 0.2) is 109 Å². The Balaban J connectivity index is 1.62. The quantitative estimate of drug-likeness (QED) is 0.155. The summed E-state index contributed by atoms with van der Waals surface area (Å²) in [4.78, 5) is 0. The highest BCUT2D eigenvalue weighted by atomic mass is 31.1. The fourth-order valence-electron chi connectivity index (χ4n) is 6.71. The summed E-state index contributed by atoms with van der Waals surface area (Å²) >= 11 is 0. The first-order chi connectivity index (χ1) is 19.2. The smallest absolute Gasteiger partial charge is 0.0134 e. The summed E-state index contributed by atoms with van der Waals surface area (Å²) in [5.41, 5.74) is 4.75. The maximum absolute atomic E-state index is 2.55. The first kappa shape index (κ1) is 30.3. The predicted molar refractivity (Wildman–Crippen MR) is 179 cm³/mol. The summed E-state index contributed by atoms with van der Waals surface area (Å²) in [5, 5.41) is 4.23. The largest absolute Gasteiger partial charge is 0.0654 e. The van der Waals surface area contributed by atoms with Gasteiger partial charge in [-0.15, -0.1) is 0 Å². The van der Waals surface area contributed by atoms with E-state index in [1.807, 2.05) is 0 Å². The number of hydrogen-bond donors (Lipinski definition) is 0. The van der Waals surface area contributed by atoms with Crippen LogP contribution in [0.4, 0.5) is 0 Å². The molecule has 0 saturated heterocycles. The summed E-state index contributed by atoms with van der Waals surface area (Å²) < 4.78 is 0. The molecule has 40 heavy (non-hydrogen) atoms. The molecule has 4 aromatic rings. The van der Waals surface area contributed by atoms with E-state index in [1.165, 1.54) is 58.3 Å². The molecular formula is C39H49P. The first-order valence-corrected chi connectivity index (χ1v) is 16.6. The Morgan fingerprint density at radius 2 is 1.00 bits per heavy atom. The van der Waals surface area contributed by atoms with E-state index < -0.39 is 7.92 Å². The van der Waals surface area contributed by atoms with E-state index in [0.29, 0.717) is 11.8 Å². The lowest BCUT2D eigenvalue weighted by Crippen LogP contribution is -2.35. The molecule has 0 N–H and O–H groups in total. The van der Waals surface area contributed by atoms with Crippen molar-refractivity contribution < 1.29 is 0 Å². The van der Waals surface area contributed by atoms with E-state index in [4.69, 9.17) is 0 Å². The van der Waals surface area contributed by atoms with Crippen LogP contribution in [-0.2, 0) is 0 Å². The molecule has 0 radical (unpaired) electrons. The van der Waals surface area contributed by atoms with E-state index in [1.54, 1.807) is 0 Å². The molecule has 1 heteroatoms. The van der Waals surface area contributed by atoms with Crippen LogP contribution < -0.4 is 15.9 Å². The third kappa shape index (κ3) is 6.78. The molecule has 0 nitrogen and oxygen atoms in total. The number of benzene rings is 4. The van der Waals surface area contributed by atoms with Crippen LogP contribution in [0.2, 0.25) is 0 Å². The maximum atomic E-state index is 2.55. The zero-order valence-electron chi connectivity index (χ0n) is 25.8. The lowest BCUT2D eigenvalue weighted by atomic mass is 9.58. The van der Waals surface area contributed by atoms with Crippen molar-refractivity contribution in [1.82, 2.24) is 0 Å². The average molecular weight is 549 g/mol. The molecule has 0 bridgehead atoms. The van der Waals surface area contributed by atoms with Gasteiger partial charge in [0, 0.05) is 0 Å². The molecule has 210 valence electrons. The Morgan fingerprint density at radius 1 is 0.575 bits per heavy atom. The molecule has 3 unspecified atom stereocenters. The summed E-state index contributed by atoms with van der Waals surface area (Å²) in [6.45, 7) is 17.0. The van der Waals surface area contributed by atoms with Gasteiger partial charge in [-0.2, -0.15) is 0 Å². The minimum Gasteiger partial charge on any atom is -0.0654 e. The summed E-state index contributed by atoms with van der Waals surface area (Å²) in [5.74, 6) is 1.00. The van der Waals surface area contributed by atoms with Gasteiger partial charge in [0.15, 0.2) is 0 Å². The summed E-state index contributed by atoms with van der Waals surface area (Å²) in [6, 6.07) is 41.0. The van der Waals surface area contributed by atoms with E-state index in [2.05, 4.69) is 158 Å². The van der Waals surface area contributed by atoms with Crippen molar-refractivity contribution >= 4 is 23.8 Å². The third-order valence-corrected chi connectivity index (χ3v) is 12.2. The Bertz CT molecular complexity index is 1270. The molecule has 0 amide bonds. The molecule has 0 aliphatic carbocycles. The van der Waals surface area contributed by atoms with Gasteiger partial charge in [-0.05, 0) is 77.4 Å². The highest BCUT2D eigenvalue weighted by Crippen LogP contribution is 2.53. The molecule has 0 aliphatic heterocycles. The SMILES string of the molecule is CCC[C@](C)(CC(C)(CC)C(C)c1ccc(P(c2ccccc2)c2ccccc2)cc1)C(C)c1ccc(C)cc1. The van der Waals surface area contributed by atoms with Crippen molar-refractivity contribution in [2.75, 3.05) is 0 Å². The molecule has 0 heterocycles. The number of aryl methyl sites for hydroxylation is 1. The van der Waals surface area contributed by atoms with Crippen LogP contribution >= 0.6 is 7.92 Å². The van der Waals surface area contributed by atoms with Crippen LogP contribution in [-0.4, -0.2) is 0 Å². The van der Waals surface area contributed by atoms with Gasteiger partial charge in [0.1, 0.15) is 0 Å². The molecule has 4 atom stereocenters. The number of hydrogen-bond acceptors (Lipinski definition) is 0. The molecule has 0 spiro atoms. The van der Waals surface area contributed by atoms with Crippen LogP contribution in [0.3, 0.4) is 0 Å². The Morgan fingerprint density at radius 3 is 1.45 bits per heavy atom. The number of rotatable bonds is 12. The molecule has 4 rings (SSSR count). The summed E-state index contributed by atoms with van der Waals surface area (Å²) in [6.07, 6.45) is 4.87. The van der Waals surface area contributed by atoms with Gasteiger partial charge in [0.25, 0.3) is 0 Å². The Labute approximate surface area is 246 Å².